The van der Waals surface area contributed by atoms with Gasteiger partial charge in [0, 0.05) is 25.0 Å². The molecule has 0 bridgehead atoms. The van der Waals surface area contributed by atoms with E-state index in [1.807, 2.05) is 13.0 Å². The zero-order valence-electron chi connectivity index (χ0n) is 10.5. The number of aryl methyl sites for hydroxylation is 2. The zero-order valence-corrected chi connectivity index (χ0v) is 10.5. The summed E-state index contributed by atoms with van der Waals surface area (Å²) in [5.41, 5.74) is 8.37. The number of anilines is 1. The number of nitrogens with zero attached hydrogens (tertiary/aromatic N) is 5. The number of pyridine rings is 1. The highest BCUT2D eigenvalue weighted by molar-refractivity contribution is 5.68. The lowest BCUT2D eigenvalue weighted by Gasteiger charge is -1.97. The highest BCUT2D eigenvalue weighted by atomic mass is 16.5. The van der Waals surface area contributed by atoms with Crippen LogP contribution in [0.3, 0.4) is 0 Å². The molecule has 7 heteroatoms. The second kappa shape index (κ2) is 4.20. The van der Waals surface area contributed by atoms with Gasteiger partial charge in [0.1, 0.15) is 11.4 Å². The van der Waals surface area contributed by atoms with Crippen molar-refractivity contribution in [2.45, 2.75) is 6.92 Å². The Morgan fingerprint density at radius 1 is 1.26 bits per heavy atom. The highest BCUT2D eigenvalue weighted by Crippen LogP contribution is 2.26. The molecule has 0 aliphatic rings. The van der Waals surface area contributed by atoms with Gasteiger partial charge in [-0.05, 0) is 18.6 Å². The molecule has 7 nitrogen and oxygen atoms in total. The van der Waals surface area contributed by atoms with E-state index in [1.165, 1.54) is 0 Å². The second-order valence-electron chi connectivity index (χ2n) is 4.18. The van der Waals surface area contributed by atoms with Gasteiger partial charge in [-0.15, -0.1) is 0 Å². The Morgan fingerprint density at radius 2 is 2.11 bits per heavy atom. The molecule has 3 aromatic heterocycles. The van der Waals surface area contributed by atoms with Crippen LogP contribution in [0.5, 0.6) is 0 Å². The lowest BCUT2D eigenvalue weighted by Crippen LogP contribution is -1.98. The topological polar surface area (TPSA) is 95.7 Å². The molecule has 0 aromatic carbocycles. The van der Waals surface area contributed by atoms with Crippen LogP contribution in [-0.2, 0) is 7.05 Å². The SMILES string of the molecule is Cc1cnccc1-c1noc(-c2cnn(C)c2N)n1. The first-order chi connectivity index (χ1) is 9.16. The molecule has 0 saturated heterocycles. The fraction of sp³-hybridized carbons (Fsp3) is 0.167. The molecule has 0 atom stereocenters. The van der Waals surface area contributed by atoms with E-state index < -0.39 is 0 Å². The zero-order chi connectivity index (χ0) is 13.4. The van der Waals surface area contributed by atoms with Gasteiger partial charge in [0.25, 0.3) is 5.89 Å². The summed E-state index contributed by atoms with van der Waals surface area (Å²) < 4.78 is 6.79. The van der Waals surface area contributed by atoms with Crippen LogP contribution >= 0.6 is 0 Å². The van der Waals surface area contributed by atoms with Crippen molar-refractivity contribution in [3.05, 3.63) is 30.2 Å². The third-order valence-electron chi connectivity index (χ3n) is 2.90. The van der Waals surface area contributed by atoms with Crippen molar-refractivity contribution in [3.63, 3.8) is 0 Å². The van der Waals surface area contributed by atoms with E-state index in [0.29, 0.717) is 23.1 Å². The summed E-state index contributed by atoms with van der Waals surface area (Å²) in [5.74, 6) is 1.36. The molecule has 0 saturated carbocycles. The Hall–Kier alpha value is -2.70. The Kier molecular flexibility index (Phi) is 2.52. The molecular formula is C12H12N6O. The number of nitrogens with two attached hydrogens (primary N) is 1. The molecule has 0 aliphatic heterocycles. The fourth-order valence-electron chi connectivity index (χ4n) is 1.78. The summed E-state index contributed by atoms with van der Waals surface area (Å²) in [5, 5.41) is 8.01. The Morgan fingerprint density at radius 3 is 2.79 bits per heavy atom. The molecule has 0 spiro atoms. The number of nitrogen functional groups attached to an aromatic ring is 1. The van der Waals surface area contributed by atoms with E-state index in [9.17, 15) is 0 Å². The molecule has 3 rings (SSSR count). The van der Waals surface area contributed by atoms with Gasteiger partial charge in [0.05, 0.1) is 6.20 Å². The second-order valence-corrected chi connectivity index (χ2v) is 4.18. The average Bonchev–Trinajstić information content (AvgIpc) is 2.99. The van der Waals surface area contributed by atoms with Crippen molar-refractivity contribution in [1.29, 1.82) is 0 Å². The van der Waals surface area contributed by atoms with Gasteiger partial charge in [0.2, 0.25) is 5.82 Å². The van der Waals surface area contributed by atoms with Crippen LogP contribution < -0.4 is 5.73 Å². The Labute approximate surface area is 109 Å². The summed E-state index contributed by atoms with van der Waals surface area (Å²) in [7, 11) is 1.75. The first-order valence-corrected chi connectivity index (χ1v) is 5.69. The van der Waals surface area contributed by atoms with E-state index >= 15 is 0 Å². The molecule has 96 valence electrons. The van der Waals surface area contributed by atoms with Crippen molar-refractivity contribution >= 4 is 5.82 Å². The molecule has 0 radical (unpaired) electrons. The van der Waals surface area contributed by atoms with Gasteiger partial charge >= 0.3 is 0 Å². The molecule has 2 N–H and O–H groups in total. The first-order valence-electron chi connectivity index (χ1n) is 5.69. The van der Waals surface area contributed by atoms with Crippen LogP contribution in [0.15, 0.2) is 29.2 Å². The minimum absolute atomic E-state index is 0.358. The predicted octanol–water partition coefficient (Wildman–Crippen LogP) is 1.42. The van der Waals surface area contributed by atoms with Crippen molar-refractivity contribution in [3.8, 4) is 22.8 Å². The third kappa shape index (κ3) is 1.85. The summed E-state index contributed by atoms with van der Waals surface area (Å²) >= 11 is 0. The summed E-state index contributed by atoms with van der Waals surface area (Å²) in [6.45, 7) is 1.94. The van der Waals surface area contributed by atoms with E-state index in [-0.39, 0.29) is 0 Å². The van der Waals surface area contributed by atoms with E-state index in [0.717, 1.165) is 11.1 Å². The van der Waals surface area contributed by atoms with Crippen LogP contribution in [0, 0.1) is 6.92 Å². The van der Waals surface area contributed by atoms with Gasteiger partial charge in [-0.3, -0.25) is 9.67 Å². The van der Waals surface area contributed by atoms with Gasteiger partial charge in [-0.2, -0.15) is 10.1 Å². The van der Waals surface area contributed by atoms with Crippen LogP contribution in [0.4, 0.5) is 5.82 Å². The third-order valence-corrected chi connectivity index (χ3v) is 2.90. The highest BCUT2D eigenvalue weighted by Gasteiger charge is 2.16. The molecule has 0 unspecified atom stereocenters. The Balaban J connectivity index is 2.05. The normalized spacial score (nSPS) is 10.8. The molecule has 3 heterocycles. The lowest BCUT2D eigenvalue weighted by atomic mass is 10.1. The van der Waals surface area contributed by atoms with Gasteiger partial charge in [-0.25, -0.2) is 0 Å². The van der Waals surface area contributed by atoms with Crippen LogP contribution in [-0.4, -0.2) is 24.9 Å². The summed E-state index contributed by atoms with van der Waals surface area (Å²) in [6, 6.07) is 1.84. The quantitative estimate of drug-likeness (QED) is 0.745. The largest absolute Gasteiger partial charge is 0.383 e. The molecule has 0 amide bonds. The smallest absolute Gasteiger partial charge is 0.263 e. The molecule has 0 aliphatic carbocycles. The average molecular weight is 256 g/mol. The minimum Gasteiger partial charge on any atom is -0.383 e. The van der Waals surface area contributed by atoms with Gasteiger partial charge in [0.15, 0.2) is 0 Å². The van der Waals surface area contributed by atoms with E-state index in [1.54, 1.807) is 30.3 Å². The monoisotopic (exact) mass is 256 g/mol. The predicted molar refractivity (Wildman–Crippen MR) is 68.9 cm³/mol. The van der Waals surface area contributed by atoms with E-state index in [2.05, 4.69) is 20.2 Å². The van der Waals surface area contributed by atoms with Gasteiger partial charge < -0.3 is 10.3 Å². The minimum atomic E-state index is 0.358. The summed E-state index contributed by atoms with van der Waals surface area (Å²) in [4.78, 5) is 8.38. The summed E-state index contributed by atoms with van der Waals surface area (Å²) in [6.07, 6.45) is 5.05. The molecule has 19 heavy (non-hydrogen) atoms. The van der Waals surface area contributed by atoms with Crippen LogP contribution in [0.1, 0.15) is 5.56 Å². The van der Waals surface area contributed by atoms with Crippen molar-refractivity contribution in [2.75, 3.05) is 5.73 Å². The molecule has 3 aromatic rings. The van der Waals surface area contributed by atoms with Crippen molar-refractivity contribution in [1.82, 2.24) is 24.9 Å². The Bertz CT molecular complexity index is 729. The maximum Gasteiger partial charge on any atom is 0.263 e. The number of aromatic nitrogens is 5. The van der Waals surface area contributed by atoms with Crippen LogP contribution in [0.25, 0.3) is 22.8 Å². The maximum absolute atomic E-state index is 5.88. The van der Waals surface area contributed by atoms with Gasteiger partial charge in [-0.1, -0.05) is 5.16 Å². The number of rotatable bonds is 2. The first kappa shape index (κ1) is 11.4. The lowest BCUT2D eigenvalue weighted by molar-refractivity contribution is 0.432. The maximum atomic E-state index is 5.88. The molecule has 0 fully saturated rings. The molecular weight excluding hydrogens is 244 g/mol. The number of hydrogen-bond acceptors (Lipinski definition) is 6. The standard InChI is InChI=1S/C12H12N6O/c1-7-5-14-4-3-8(7)11-16-12(19-17-11)9-6-15-18(2)10(9)13/h3-6H,13H2,1-2H3. The van der Waals surface area contributed by atoms with E-state index in [4.69, 9.17) is 10.3 Å². The van der Waals surface area contributed by atoms with Crippen molar-refractivity contribution < 1.29 is 4.52 Å². The van der Waals surface area contributed by atoms with Crippen molar-refractivity contribution in [2.24, 2.45) is 7.05 Å². The van der Waals surface area contributed by atoms with Crippen LogP contribution in [0.2, 0.25) is 0 Å². The fourth-order valence-corrected chi connectivity index (χ4v) is 1.78. The number of hydrogen-bond donors (Lipinski definition) is 1.